The number of rotatable bonds is 6. The van der Waals surface area contributed by atoms with Gasteiger partial charge in [0.05, 0.1) is 5.69 Å². The topological polar surface area (TPSA) is 55.9 Å². The second-order valence-corrected chi connectivity index (χ2v) is 6.73. The molecule has 0 aliphatic heterocycles. The summed E-state index contributed by atoms with van der Waals surface area (Å²) < 4.78 is 7.34. The first-order chi connectivity index (χ1) is 12.0. The van der Waals surface area contributed by atoms with Crippen LogP contribution in [0.2, 0.25) is 0 Å². The molecular formula is C20H26N4O. The number of hydrogen-bond acceptors (Lipinski definition) is 4. The standard InChI is InChI=1S/C20H26N4O/c1-13(12-20-15(3)23-25-16(20)4)22-14(2)18-6-8-19(9-7-18)24-11-10-21-17(24)5/h6-11,13-14,22H,12H2,1-5H3/t13-,14-/m0/s1. The van der Waals surface area contributed by atoms with Gasteiger partial charge in [-0.15, -0.1) is 0 Å². The highest BCUT2D eigenvalue weighted by Gasteiger charge is 2.15. The van der Waals surface area contributed by atoms with Gasteiger partial charge >= 0.3 is 0 Å². The Kier molecular flexibility index (Phi) is 5.04. The van der Waals surface area contributed by atoms with E-state index in [1.807, 2.05) is 33.2 Å². The third-order valence-corrected chi connectivity index (χ3v) is 4.72. The van der Waals surface area contributed by atoms with Crippen LogP contribution in [0.3, 0.4) is 0 Å². The van der Waals surface area contributed by atoms with Crippen LogP contribution in [-0.2, 0) is 6.42 Å². The largest absolute Gasteiger partial charge is 0.361 e. The summed E-state index contributed by atoms with van der Waals surface area (Å²) in [5.41, 5.74) is 4.60. The molecule has 0 saturated heterocycles. The zero-order valence-corrected chi connectivity index (χ0v) is 15.6. The molecule has 3 aromatic rings. The molecule has 2 heterocycles. The minimum absolute atomic E-state index is 0.272. The van der Waals surface area contributed by atoms with E-state index < -0.39 is 0 Å². The van der Waals surface area contributed by atoms with Gasteiger partial charge in [-0.25, -0.2) is 4.98 Å². The van der Waals surface area contributed by atoms with Crippen molar-refractivity contribution in [3.05, 3.63) is 65.1 Å². The Labute approximate surface area is 149 Å². The average molecular weight is 338 g/mol. The Morgan fingerprint density at radius 1 is 1.12 bits per heavy atom. The first kappa shape index (κ1) is 17.4. The number of aryl methyl sites for hydroxylation is 3. The van der Waals surface area contributed by atoms with Gasteiger partial charge in [-0.1, -0.05) is 17.3 Å². The molecule has 1 N–H and O–H groups in total. The van der Waals surface area contributed by atoms with Crippen molar-refractivity contribution in [3.63, 3.8) is 0 Å². The Balaban J connectivity index is 1.65. The molecule has 0 bridgehead atoms. The zero-order chi connectivity index (χ0) is 18.0. The average Bonchev–Trinajstić information content (AvgIpc) is 3.15. The molecular weight excluding hydrogens is 312 g/mol. The number of nitrogens with zero attached hydrogens (tertiary/aromatic N) is 3. The van der Waals surface area contributed by atoms with Crippen molar-refractivity contribution in [1.29, 1.82) is 0 Å². The maximum atomic E-state index is 5.26. The fourth-order valence-corrected chi connectivity index (χ4v) is 3.26. The Bertz CT molecular complexity index is 812. The molecule has 5 nitrogen and oxygen atoms in total. The third-order valence-electron chi connectivity index (χ3n) is 4.72. The lowest BCUT2D eigenvalue weighted by Crippen LogP contribution is -2.31. The van der Waals surface area contributed by atoms with Crippen molar-refractivity contribution in [1.82, 2.24) is 20.0 Å². The molecule has 0 amide bonds. The van der Waals surface area contributed by atoms with Gasteiger partial charge in [0.1, 0.15) is 11.6 Å². The molecule has 3 rings (SSSR count). The predicted octanol–water partition coefficient (Wildman–Crippen LogP) is 4.07. The molecule has 0 unspecified atom stereocenters. The summed E-state index contributed by atoms with van der Waals surface area (Å²) in [7, 11) is 0. The fourth-order valence-electron chi connectivity index (χ4n) is 3.26. The fraction of sp³-hybridized carbons (Fsp3) is 0.400. The van der Waals surface area contributed by atoms with E-state index in [-0.39, 0.29) is 6.04 Å². The zero-order valence-electron chi connectivity index (χ0n) is 15.6. The number of benzene rings is 1. The van der Waals surface area contributed by atoms with Crippen molar-refractivity contribution in [2.75, 3.05) is 0 Å². The van der Waals surface area contributed by atoms with Crippen molar-refractivity contribution in [2.24, 2.45) is 0 Å². The van der Waals surface area contributed by atoms with Gasteiger partial charge in [0.2, 0.25) is 0 Å². The second kappa shape index (κ2) is 7.23. The summed E-state index contributed by atoms with van der Waals surface area (Å²) in [6.07, 6.45) is 4.72. The van der Waals surface area contributed by atoms with Gasteiger partial charge < -0.3 is 14.4 Å². The van der Waals surface area contributed by atoms with E-state index in [4.69, 9.17) is 4.52 Å². The van der Waals surface area contributed by atoms with Gasteiger partial charge in [0, 0.05) is 35.7 Å². The second-order valence-electron chi connectivity index (χ2n) is 6.73. The van der Waals surface area contributed by atoms with Crippen LogP contribution in [0, 0.1) is 20.8 Å². The number of imidazole rings is 1. The lowest BCUT2D eigenvalue weighted by molar-refractivity contribution is 0.391. The molecule has 1 aromatic carbocycles. The first-order valence-electron chi connectivity index (χ1n) is 8.73. The van der Waals surface area contributed by atoms with Gasteiger partial charge in [-0.2, -0.15) is 0 Å². The third kappa shape index (κ3) is 3.82. The molecule has 132 valence electrons. The molecule has 0 fully saturated rings. The Hall–Kier alpha value is -2.40. The smallest absolute Gasteiger partial charge is 0.137 e. The SMILES string of the molecule is Cc1noc(C)c1C[C@H](C)N[C@@H](C)c1ccc(-n2ccnc2C)cc1. The van der Waals surface area contributed by atoms with Crippen molar-refractivity contribution >= 4 is 0 Å². The normalized spacial score (nSPS) is 13.8. The van der Waals surface area contributed by atoms with Gasteiger partial charge in [0.25, 0.3) is 0 Å². The van der Waals surface area contributed by atoms with E-state index in [0.717, 1.165) is 29.4 Å². The highest BCUT2D eigenvalue weighted by atomic mass is 16.5. The minimum atomic E-state index is 0.272. The van der Waals surface area contributed by atoms with E-state index in [1.54, 1.807) is 0 Å². The molecule has 2 atom stereocenters. The Morgan fingerprint density at radius 3 is 2.40 bits per heavy atom. The molecule has 25 heavy (non-hydrogen) atoms. The maximum Gasteiger partial charge on any atom is 0.137 e. The molecule has 0 aliphatic carbocycles. The summed E-state index contributed by atoms with van der Waals surface area (Å²) in [6, 6.07) is 9.24. The van der Waals surface area contributed by atoms with E-state index in [9.17, 15) is 0 Å². The van der Waals surface area contributed by atoms with Crippen molar-refractivity contribution in [3.8, 4) is 5.69 Å². The predicted molar refractivity (Wildman–Crippen MR) is 99.0 cm³/mol. The quantitative estimate of drug-likeness (QED) is 0.736. The molecule has 2 aromatic heterocycles. The minimum Gasteiger partial charge on any atom is -0.361 e. The van der Waals surface area contributed by atoms with Gasteiger partial charge in [-0.05, 0) is 58.7 Å². The van der Waals surface area contributed by atoms with Crippen LogP contribution in [-0.4, -0.2) is 20.7 Å². The van der Waals surface area contributed by atoms with Crippen LogP contribution in [0.1, 0.15) is 48.3 Å². The van der Waals surface area contributed by atoms with Crippen molar-refractivity contribution in [2.45, 2.75) is 53.1 Å². The highest BCUT2D eigenvalue weighted by molar-refractivity contribution is 5.36. The van der Waals surface area contributed by atoms with E-state index in [2.05, 4.69) is 58.1 Å². The lowest BCUT2D eigenvalue weighted by atomic mass is 10.0. The van der Waals surface area contributed by atoms with E-state index in [0.29, 0.717) is 6.04 Å². The number of aromatic nitrogens is 3. The maximum absolute atomic E-state index is 5.26. The van der Waals surface area contributed by atoms with Gasteiger partial charge in [-0.3, -0.25) is 0 Å². The number of nitrogens with one attached hydrogen (secondary N) is 1. The van der Waals surface area contributed by atoms with Gasteiger partial charge in [0.15, 0.2) is 0 Å². The van der Waals surface area contributed by atoms with E-state index >= 15 is 0 Å². The van der Waals surface area contributed by atoms with Crippen molar-refractivity contribution < 1.29 is 4.52 Å². The van der Waals surface area contributed by atoms with Crippen LogP contribution >= 0.6 is 0 Å². The van der Waals surface area contributed by atoms with Crippen LogP contribution in [0.15, 0.2) is 41.2 Å². The summed E-state index contributed by atoms with van der Waals surface area (Å²) in [5, 5.41) is 7.70. The van der Waals surface area contributed by atoms with Crippen LogP contribution in [0.5, 0.6) is 0 Å². The molecule has 5 heteroatoms. The summed E-state index contributed by atoms with van der Waals surface area (Å²) in [4.78, 5) is 4.28. The summed E-state index contributed by atoms with van der Waals surface area (Å²) in [5.74, 6) is 1.91. The summed E-state index contributed by atoms with van der Waals surface area (Å²) in [6.45, 7) is 10.4. The molecule has 0 spiro atoms. The first-order valence-corrected chi connectivity index (χ1v) is 8.73. The monoisotopic (exact) mass is 338 g/mol. The van der Waals surface area contributed by atoms with E-state index in [1.165, 1.54) is 11.1 Å². The highest BCUT2D eigenvalue weighted by Crippen LogP contribution is 2.19. The molecule has 0 aliphatic rings. The molecule has 0 radical (unpaired) electrons. The lowest BCUT2D eigenvalue weighted by Gasteiger charge is -2.21. The summed E-state index contributed by atoms with van der Waals surface area (Å²) >= 11 is 0. The van der Waals surface area contributed by atoms with Crippen LogP contribution in [0.25, 0.3) is 5.69 Å². The van der Waals surface area contributed by atoms with Crippen LogP contribution < -0.4 is 5.32 Å². The van der Waals surface area contributed by atoms with Crippen LogP contribution in [0.4, 0.5) is 0 Å². The molecule has 0 saturated carbocycles. The number of hydrogen-bond donors (Lipinski definition) is 1. The Morgan fingerprint density at radius 2 is 1.84 bits per heavy atom.